The molecular weight excluding hydrogens is 270 g/mol. The number of carbonyl (C=O) groups excluding carboxylic acids is 1. The van der Waals surface area contributed by atoms with Crippen LogP contribution in [-0.2, 0) is 9.53 Å². The number of rotatable bonds is 4. The number of amides is 1. The predicted molar refractivity (Wildman–Crippen MR) is 68.7 cm³/mol. The Kier molecular flexibility index (Phi) is 5.76. The fourth-order valence-electron chi connectivity index (χ4n) is 1.92. The van der Waals surface area contributed by atoms with E-state index in [0.29, 0.717) is 11.8 Å². The van der Waals surface area contributed by atoms with E-state index in [9.17, 15) is 4.79 Å². The largest absolute Gasteiger partial charge is 0.381 e. The van der Waals surface area contributed by atoms with Crippen molar-refractivity contribution < 1.29 is 9.53 Å². The highest BCUT2D eigenvalue weighted by Gasteiger charge is 2.24. The second-order valence-corrected chi connectivity index (χ2v) is 5.93. The molecule has 0 aromatic rings. The van der Waals surface area contributed by atoms with Gasteiger partial charge in [0.25, 0.3) is 0 Å². The van der Waals surface area contributed by atoms with Gasteiger partial charge in [0.05, 0.1) is 11.4 Å². The minimum Gasteiger partial charge on any atom is -0.381 e. The summed E-state index contributed by atoms with van der Waals surface area (Å²) in [5, 5.41) is 0. The third-order valence-electron chi connectivity index (χ3n) is 2.98. The SMILES string of the molecule is CC(C)C(Br)C(=O)N(C)CC1CCCOC1. The maximum Gasteiger partial charge on any atom is 0.236 e. The summed E-state index contributed by atoms with van der Waals surface area (Å²) in [5.41, 5.74) is 0. The molecule has 1 aliphatic heterocycles. The molecule has 1 fully saturated rings. The van der Waals surface area contributed by atoms with Gasteiger partial charge in [0.1, 0.15) is 0 Å². The van der Waals surface area contributed by atoms with E-state index in [2.05, 4.69) is 29.8 Å². The Morgan fingerprint density at radius 2 is 2.25 bits per heavy atom. The molecule has 0 radical (unpaired) electrons. The number of ether oxygens (including phenoxy) is 1. The molecule has 0 aliphatic carbocycles. The summed E-state index contributed by atoms with van der Waals surface area (Å²) in [6.45, 7) is 6.59. The number of carbonyl (C=O) groups is 1. The Morgan fingerprint density at radius 1 is 1.56 bits per heavy atom. The highest BCUT2D eigenvalue weighted by atomic mass is 79.9. The molecule has 2 unspecified atom stereocenters. The first-order valence-corrected chi connectivity index (χ1v) is 6.90. The van der Waals surface area contributed by atoms with Crippen LogP contribution in [-0.4, -0.2) is 42.4 Å². The lowest BCUT2D eigenvalue weighted by molar-refractivity contribution is -0.131. The average Bonchev–Trinajstić information content (AvgIpc) is 2.28. The van der Waals surface area contributed by atoms with Crippen LogP contribution in [0.3, 0.4) is 0 Å². The lowest BCUT2D eigenvalue weighted by Crippen LogP contribution is -2.40. The molecular formula is C12H22BrNO2. The zero-order chi connectivity index (χ0) is 12.1. The highest BCUT2D eigenvalue weighted by molar-refractivity contribution is 9.10. The second kappa shape index (κ2) is 6.60. The molecule has 4 heteroatoms. The zero-order valence-corrected chi connectivity index (χ0v) is 12.0. The standard InChI is InChI=1S/C12H22BrNO2/c1-9(2)11(13)12(15)14(3)7-10-5-4-6-16-8-10/h9-11H,4-8H2,1-3H3. The number of alkyl halides is 1. The van der Waals surface area contributed by atoms with Crippen LogP contribution in [0.4, 0.5) is 0 Å². The van der Waals surface area contributed by atoms with Crippen LogP contribution in [0.5, 0.6) is 0 Å². The summed E-state index contributed by atoms with van der Waals surface area (Å²) in [5.74, 6) is 1.02. The molecule has 94 valence electrons. The van der Waals surface area contributed by atoms with E-state index >= 15 is 0 Å². The average molecular weight is 292 g/mol. The lowest BCUT2D eigenvalue weighted by Gasteiger charge is -2.29. The van der Waals surface area contributed by atoms with Crippen LogP contribution in [0, 0.1) is 11.8 Å². The lowest BCUT2D eigenvalue weighted by atomic mass is 10.0. The van der Waals surface area contributed by atoms with Crippen LogP contribution < -0.4 is 0 Å². The third-order valence-corrected chi connectivity index (χ3v) is 4.43. The van der Waals surface area contributed by atoms with Crippen molar-refractivity contribution in [2.24, 2.45) is 11.8 Å². The molecule has 0 saturated carbocycles. The van der Waals surface area contributed by atoms with Gasteiger partial charge in [0.15, 0.2) is 0 Å². The van der Waals surface area contributed by atoms with E-state index in [1.165, 1.54) is 6.42 Å². The smallest absolute Gasteiger partial charge is 0.236 e. The molecule has 16 heavy (non-hydrogen) atoms. The first-order valence-electron chi connectivity index (χ1n) is 5.99. The van der Waals surface area contributed by atoms with Crippen molar-refractivity contribution in [3.05, 3.63) is 0 Å². The molecule has 1 amide bonds. The summed E-state index contributed by atoms with van der Waals surface area (Å²) < 4.78 is 5.42. The Bertz CT molecular complexity index is 227. The summed E-state index contributed by atoms with van der Waals surface area (Å²) >= 11 is 3.45. The van der Waals surface area contributed by atoms with E-state index in [4.69, 9.17) is 4.74 Å². The molecule has 0 N–H and O–H groups in total. The van der Waals surface area contributed by atoms with Crippen molar-refractivity contribution in [3.8, 4) is 0 Å². The molecule has 0 aromatic carbocycles. The van der Waals surface area contributed by atoms with Crippen molar-refractivity contribution in [2.45, 2.75) is 31.5 Å². The molecule has 3 nitrogen and oxygen atoms in total. The Labute approximate surface area is 107 Å². The summed E-state index contributed by atoms with van der Waals surface area (Å²) in [4.78, 5) is 13.8. The van der Waals surface area contributed by atoms with Crippen LogP contribution >= 0.6 is 15.9 Å². The quantitative estimate of drug-likeness (QED) is 0.744. The van der Waals surface area contributed by atoms with Crippen LogP contribution in [0.2, 0.25) is 0 Å². The third kappa shape index (κ3) is 4.06. The van der Waals surface area contributed by atoms with Crippen LogP contribution in [0.25, 0.3) is 0 Å². The number of halogens is 1. The molecule has 0 aromatic heterocycles. The topological polar surface area (TPSA) is 29.5 Å². The first-order chi connectivity index (χ1) is 7.52. The number of nitrogens with zero attached hydrogens (tertiary/aromatic N) is 1. The summed E-state index contributed by atoms with van der Waals surface area (Å²) in [6.07, 6.45) is 2.29. The van der Waals surface area contributed by atoms with Gasteiger partial charge in [-0.05, 0) is 24.7 Å². The minimum atomic E-state index is -0.0676. The van der Waals surface area contributed by atoms with Gasteiger partial charge in [0.2, 0.25) is 5.91 Å². The van der Waals surface area contributed by atoms with E-state index < -0.39 is 0 Å². The normalized spacial score (nSPS) is 23.2. The van der Waals surface area contributed by atoms with Crippen molar-refractivity contribution in [3.63, 3.8) is 0 Å². The van der Waals surface area contributed by atoms with Gasteiger partial charge >= 0.3 is 0 Å². The van der Waals surface area contributed by atoms with Gasteiger partial charge in [-0.15, -0.1) is 0 Å². The van der Waals surface area contributed by atoms with Crippen LogP contribution in [0.1, 0.15) is 26.7 Å². The molecule has 1 heterocycles. The Morgan fingerprint density at radius 3 is 2.75 bits per heavy atom. The van der Waals surface area contributed by atoms with Gasteiger partial charge < -0.3 is 9.64 Å². The molecule has 1 saturated heterocycles. The van der Waals surface area contributed by atoms with Gasteiger partial charge in [-0.3, -0.25) is 4.79 Å². The molecule has 0 spiro atoms. The summed E-state index contributed by atoms with van der Waals surface area (Å²) in [6, 6.07) is 0. The van der Waals surface area contributed by atoms with E-state index in [-0.39, 0.29) is 10.7 Å². The van der Waals surface area contributed by atoms with E-state index in [0.717, 1.165) is 26.2 Å². The van der Waals surface area contributed by atoms with Crippen LogP contribution in [0.15, 0.2) is 0 Å². The van der Waals surface area contributed by atoms with Crippen molar-refractivity contribution >= 4 is 21.8 Å². The molecule has 0 bridgehead atoms. The Balaban J connectivity index is 2.38. The van der Waals surface area contributed by atoms with E-state index in [1.807, 2.05) is 11.9 Å². The zero-order valence-electron chi connectivity index (χ0n) is 10.4. The van der Waals surface area contributed by atoms with Gasteiger partial charge in [0, 0.05) is 20.2 Å². The maximum atomic E-state index is 12.0. The summed E-state index contributed by atoms with van der Waals surface area (Å²) in [7, 11) is 1.88. The minimum absolute atomic E-state index is 0.0676. The fraction of sp³-hybridized carbons (Fsp3) is 0.917. The van der Waals surface area contributed by atoms with Crippen molar-refractivity contribution in [1.29, 1.82) is 0 Å². The second-order valence-electron chi connectivity index (χ2n) is 4.95. The molecule has 1 rings (SSSR count). The first kappa shape index (κ1) is 14.0. The van der Waals surface area contributed by atoms with Crippen molar-refractivity contribution in [2.75, 3.05) is 26.8 Å². The molecule has 1 aliphatic rings. The Hall–Kier alpha value is -0.0900. The highest BCUT2D eigenvalue weighted by Crippen LogP contribution is 2.18. The number of hydrogen-bond donors (Lipinski definition) is 0. The van der Waals surface area contributed by atoms with Gasteiger partial charge in [-0.25, -0.2) is 0 Å². The predicted octanol–water partition coefficient (Wildman–Crippen LogP) is 2.29. The monoisotopic (exact) mass is 291 g/mol. The maximum absolute atomic E-state index is 12.0. The fourth-order valence-corrected chi connectivity index (χ4v) is 2.27. The van der Waals surface area contributed by atoms with Crippen molar-refractivity contribution in [1.82, 2.24) is 4.90 Å². The number of hydrogen-bond acceptors (Lipinski definition) is 2. The molecule has 2 atom stereocenters. The van der Waals surface area contributed by atoms with E-state index in [1.54, 1.807) is 0 Å². The van der Waals surface area contributed by atoms with Gasteiger partial charge in [-0.2, -0.15) is 0 Å². The van der Waals surface area contributed by atoms with Gasteiger partial charge in [-0.1, -0.05) is 29.8 Å².